The molecule has 0 amide bonds. The van der Waals surface area contributed by atoms with Gasteiger partial charge in [0.05, 0.1) is 16.6 Å². The minimum atomic E-state index is 0.901. The first-order valence-corrected chi connectivity index (χ1v) is 7.63. The number of aromatic nitrogens is 3. The molecule has 0 atom stereocenters. The van der Waals surface area contributed by atoms with Crippen molar-refractivity contribution in [2.24, 2.45) is 0 Å². The Bertz CT molecular complexity index is 1160. The summed E-state index contributed by atoms with van der Waals surface area (Å²) >= 11 is 0. The van der Waals surface area contributed by atoms with Crippen molar-refractivity contribution in [3.05, 3.63) is 79.0 Å². The summed E-state index contributed by atoms with van der Waals surface area (Å²) in [7, 11) is 0. The quantitative estimate of drug-likeness (QED) is 0.448. The van der Waals surface area contributed by atoms with Crippen LogP contribution in [0.1, 0.15) is 0 Å². The molecule has 0 bridgehead atoms. The number of rotatable bonds is 1. The molecule has 0 aliphatic carbocycles. The van der Waals surface area contributed by atoms with Crippen molar-refractivity contribution < 1.29 is 0 Å². The van der Waals surface area contributed by atoms with Crippen LogP contribution in [0.4, 0.5) is 0 Å². The number of hydrogen-bond acceptors (Lipinski definition) is 2. The van der Waals surface area contributed by atoms with E-state index in [4.69, 9.17) is 9.97 Å². The number of pyridine rings is 1. The van der Waals surface area contributed by atoms with Gasteiger partial charge in [-0.05, 0) is 29.8 Å². The monoisotopic (exact) mass is 295 g/mol. The average molecular weight is 295 g/mol. The van der Waals surface area contributed by atoms with E-state index in [0.717, 1.165) is 38.8 Å². The third-order valence-electron chi connectivity index (χ3n) is 4.20. The van der Waals surface area contributed by atoms with Crippen molar-refractivity contribution >= 4 is 27.7 Å². The van der Waals surface area contributed by atoms with E-state index >= 15 is 0 Å². The third kappa shape index (κ3) is 1.77. The fourth-order valence-electron chi connectivity index (χ4n) is 3.17. The van der Waals surface area contributed by atoms with E-state index in [1.807, 2.05) is 42.6 Å². The molecule has 5 rings (SSSR count). The highest BCUT2D eigenvalue weighted by molar-refractivity contribution is 6.04. The lowest BCUT2D eigenvalue weighted by molar-refractivity contribution is 1.20. The maximum atomic E-state index is 4.91. The molecule has 0 saturated heterocycles. The zero-order valence-corrected chi connectivity index (χ0v) is 12.3. The van der Waals surface area contributed by atoms with E-state index in [9.17, 15) is 0 Å². The second-order valence-corrected chi connectivity index (χ2v) is 5.58. The fraction of sp³-hybridized carbons (Fsp3) is 0. The Morgan fingerprint density at radius 2 is 1.35 bits per heavy atom. The maximum absolute atomic E-state index is 4.91. The molecule has 0 N–H and O–H groups in total. The van der Waals surface area contributed by atoms with Crippen molar-refractivity contribution in [1.29, 1.82) is 0 Å². The van der Waals surface area contributed by atoms with Crippen LogP contribution < -0.4 is 0 Å². The van der Waals surface area contributed by atoms with Gasteiger partial charge in [-0.3, -0.25) is 4.40 Å². The second-order valence-electron chi connectivity index (χ2n) is 5.58. The Hall–Kier alpha value is -3.20. The Labute approximate surface area is 132 Å². The molecule has 3 heteroatoms. The molecule has 0 fully saturated rings. The maximum Gasteiger partial charge on any atom is 0.164 e. The van der Waals surface area contributed by atoms with Gasteiger partial charge in [-0.2, -0.15) is 0 Å². The van der Waals surface area contributed by atoms with Crippen LogP contribution in [0.5, 0.6) is 0 Å². The molecule has 0 aliphatic rings. The van der Waals surface area contributed by atoms with E-state index in [-0.39, 0.29) is 0 Å². The molecule has 5 aromatic rings. The standard InChI is InChI=1S/C20H13N3/c1-2-8-14(9-3-1)18-17-12-6-7-13-23(17)20-19(18)21-15-10-4-5-11-16(15)22-20/h1-13H. The summed E-state index contributed by atoms with van der Waals surface area (Å²) in [6.45, 7) is 0. The molecule has 3 aromatic heterocycles. The number of para-hydroxylation sites is 2. The van der Waals surface area contributed by atoms with E-state index in [2.05, 4.69) is 40.8 Å². The molecule has 108 valence electrons. The molecule has 23 heavy (non-hydrogen) atoms. The predicted octanol–water partition coefficient (Wildman–Crippen LogP) is 4.70. The van der Waals surface area contributed by atoms with Gasteiger partial charge in [-0.25, -0.2) is 9.97 Å². The van der Waals surface area contributed by atoms with Crippen molar-refractivity contribution in [3.8, 4) is 11.1 Å². The Balaban J connectivity index is 2.03. The first-order chi connectivity index (χ1) is 11.4. The Morgan fingerprint density at radius 1 is 0.652 bits per heavy atom. The Kier molecular flexibility index (Phi) is 2.50. The van der Waals surface area contributed by atoms with Crippen molar-refractivity contribution in [2.75, 3.05) is 0 Å². The zero-order chi connectivity index (χ0) is 15.2. The van der Waals surface area contributed by atoms with Crippen LogP contribution in [0.15, 0.2) is 79.0 Å². The molecule has 0 unspecified atom stereocenters. The van der Waals surface area contributed by atoms with E-state index in [0.29, 0.717) is 0 Å². The smallest absolute Gasteiger partial charge is 0.164 e. The van der Waals surface area contributed by atoms with Crippen molar-refractivity contribution in [1.82, 2.24) is 14.4 Å². The van der Waals surface area contributed by atoms with Gasteiger partial charge in [0.1, 0.15) is 5.52 Å². The van der Waals surface area contributed by atoms with Crippen LogP contribution in [0.25, 0.3) is 38.8 Å². The predicted molar refractivity (Wildman–Crippen MR) is 93.4 cm³/mol. The SMILES string of the molecule is c1ccc(-c2c3nc4ccccc4nc3n3ccccc23)cc1. The van der Waals surface area contributed by atoms with Gasteiger partial charge in [0.15, 0.2) is 5.65 Å². The van der Waals surface area contributed by atoms with Gasteiger partial charge in [-0.1, -0.05) is 48.5 Å². The summed E-state index contributed by atoms with van der Waals surface area (Å²) in [6, 6.07) is 24.6. The molecule has 3 nitrogen and oxygen atoms in total. The molecule has 0 aliphatic heterocycles. The third-order valence-corrected chi connectivity index (χ3v) is 4.20. The molecule has 0 spiro atoms. The van der Waals surface area contributed by atoms with Gasteiger partial charge < -0.3 is 0 Å². The fourth-order valence-corrected chi connectivity index (χ4v) is 3.17. The highest BCUT2D eigenvalue weighted by Gasteiger charge is 2.16. The second kappa shape index (κ2) is 4.65. The normalized spacial score (nSPS) is 11.5. The van der Waals surface area contributed by atoms with E-state index in [1.165, 1.54) is 0 Å². The molecule has 3 heterocycles. The highest BCUT2D eigenvalue weighted by Crippen LogP contribution is 2.34. The zero-order valence-electron chi connectivity index (χ0n) is 12.3. The van der Waals surface area contributed by atoms with Crippen LogP contribution in [-0.2, 0) is 0 Å². The van der Waals surface area contributed by atoms with Gasteiger partial charge in [-0.15, -0.1) is 0 Å². The van der Waals surface area contributed by atoms with E-state index in [1.54, 1.807) is 0 Å². The summed E-state index contributed by atoms with van der Waals surface area (Å²) < 4.78 is 2.12. The van der Waals surface area contributed by atoms with Crippen LogP contribution in [-0.4, -0.2) is 14.4 Å². The van der Waals surface area contributed by atoms with Gasteiger partial charge in [0.25, 0.3) is 0 Å². The van der Waals surface area contributed by atoms with Crippen LogP contribution in [0, 0.1) is 0 Å². The van der Waals surface area contributed by atoms with E-state index < -0.39 is 0 Å². The summed E-state index contributed by atoms with van der Waals surface area (Å²) in [6.07, 6.45) is 2.05. The van der Waals surface area contributed by atoms with Crippen LogP contribution >= 0.6 is 0 Å². The van der Waals surface area contributed by atoms with Crippen molar-refractivity contribution in [2.45, 2.75) is 0 Å². The minimum absolute atomic E-state index is 0.901. The molecule has 0 radical (unpaired) electrons. The lowest BCUT2D eigenvalue weighted by Gasteiger charge is -2.01. The topological polar surface area (TPSA) is 30.2 Å². The Morgan fingerprint density at radius 3 is 2.17 bits per heavy atom. The molecule has 2 aromatic carbocycles. The first kappa shape index (κ1) is 12.4. The summed E-state index contributed by atoms with van der Waals surface area (Å²) in [5.74, 6) is 0. The first-order valence-electron chi connectivity index (χ1n) is 7.63. The number of hydrogen-bond donors (Lipinski definition) is 0. The molecular weight excluding hydrogens is 282 g/mol. The average Bonchev–Trinajstić information content (AvgIpc) is 2.94. The number of fused-ring (bicyclic) bond motifs is 4. The van der Waals surface area contributed by atoms with Gasteiger partial charge >= 0.3 is 0 Å². The summed E-state index contributed by atoms with van der Waals surface area (Å²) in [5.41, 5.74) is 7.12. The lowest BCUT2D eigenvalue weighted by atomic mass is 10.1. The van der Waals surface area contributed by atoms with Crippen LogP contribution in [0.3, 0.4) is 0 Å². The summed E-state index contributed by atoms with van der Waals surface area (Å²) in [4.78, 5) is 9.76. The van der Waals surface area contributed by atoms with Crippen molar-refractivity contribution in [3.63, 3.8) is 0 Å². The highest BCUT2D eigenvalue weighted by atomic mass is 15.0. The van der Waals surface area contributed by atoms with Gasteiger partial charge in [0.2, 0.25) is 0 Å². The molecule has 0 saturated carbocycles. The lowest BCUT2D eigenvalue weighted by Crippen LogP contribution is -1.88. The van der Waals surface area contributed by atoms with Crippen LogP contribution in [0.2, 0.25) is 0 Å². The number of nitrogens with zero attached hydrogens (tertiary/aromatic N) is 3. The summed E-state index contributed by atoms with van der Waals surface area (Å²) in [5, 5.41) is 0. The largest absolute Gasteiger partial charge is 0.299 e. The minimum Gasteiger partial charge on any atom is -0.299 e. The van der Waals surface area contributed by atoms with Gasteiger partial charge in [0, 0.05) is 11.8 Å². The number of benzene rings is 2. The molecular formula is C20H13N3.